The first-order valence-electron chi connectivity index (χ1n) is 10.1. The maximum atomic E-state index is 10.7. The van der Waals surface area contributed by atoms with Gasteiger partial charge in [-0.15, -0.1) is 0 Å². The van der Waals surface area contributed by atoms with Crippen LogP contribution in [0.2, 0.25) is 5.02 Å². The number of piperidine rings is 1. The second-order valence-corrected chi connectivity index (χ2v) is 8.64. The SMILES string of the molecule is COc1ccc([C@H](O)CN2CCC3(CC2)C[C@@H](O)c2cc(Cl)c(C)cc2O3)cc1. The van der Waals surface area contributed by atoms with Gasteiger partial charge in [-0.3, -0.25) is 0 Å². The van der Waals surface area contributed by atoms with Crippen molar-refractivity contribution >= 4 is 11.6 Å². The van der Waals surface area contributed by atoms with Crippen molar-refractivity contribution in [3.05, 3.63) is 58.1 Å². The van der Waals surface area contributed by atoms with Crippen molar-refractivity contribution in [2.45, 2.75) is 44.0 Å². The lowest BCUT2D eigenvalue weighted by Gasteiger charge is -2.46. The molecule has 0 bridgehead atoms. The minimum absolute atomic E-state index is 0.353. The Kier molecular flexibility index (Phi) is 5.76. The highest BCUT2D eigenvalue weighted by Gasteiger charge is 2.43. The lowest BCUT2D eigenvalue weighted by Crippen LogP contribution is -2.51. The third-order valence-electron chi connectivity index (χ3n) is 6.24. The smallest absolute Gasteiger partial charge is 0.126 e. The first-order chi connectivity index (χ1) is 13.9. The van der Waals surface area contributed by atoms with Crippen LogP contribution in [0.25, 0.3) is 0 Å². The van der Waals surface area contributed by atoms with E-state index in [1.807, 2.05) is 43.3 Å². The topological polar surface area (TPSA) is 62.2 Å². The molecule has 5 nitrogen and oxygen atoms in total. The minimum atomic E-state index is -0.562. The van der Waals surface area contributed by atoms with E-state index in [-0.39, 0.29) is 5.60 Å². The molecule has 1 saturated heterocycles. The normalized spacial score (nSPS) is 22.0. The van der Waals surface area contributed by atoms with Crippen LogP contribution in [-0.2, 0) is 0 Å². The van der Waals surface area contributed by atoms with E-state index in [1.165, 1.54) is 0 Å². The first kappa shape index (κ1) is 20.5. The summed E-state index contributed by atoms with van der Waals surface area (Å²) in [5.41, 5.74) is 2.27. The van der Waals surface area contributed by atoms with Crippen molar-refractivity contribution in [2.75, 3.05) is 26.7 Å². The number of fused-ring (bicyclic) bond motifs is 1. The number of nitrogens with zero attached hydrogens (tertiary/aromatic N) is 1. The van der Waals surface area contributed by atoms with Crippen molar-refractivity contribution in [2.24, 2.45) is 0 Å². The molecule has 0 saturated carbocycles. The van der Waals surface area contributed by atoms with Crippen LogP contribution >= 0.6 is 11.6 Å². The summed E-state index contributed by atoms with van der Waals surface area (Å²) in [7, 11) is 1.63. The van der Waals surface area contributed by atoms with Gasteiger partial charge in [0.1, 0.15) is 17.1 Å². The lowest BCUT2D eigenvalue weighted by molar-refractivity contribution is -0.0588. The first-order valence-corrected chi connectivity index (χ1v) is 10.5. The minimum Gasteiger partial charge on any atom is -0.497 e. The molecule has 0 aliphatic carbocycles. The Balaban J connectivity index is 1.39. The van der Waals surface area contributed by atoms with Crippen LogP contribution in [0.3, 0.4) is 0 Å². The molecule has 4 rings (SSSR count). The number of aryl methyl sites for hydroxylation is 1. The number of β-amino-alcohol motifs (C(OH)–C–C–N with tert-alkyl or cyclic N) is 1. The molecule has 29 heavy (non-hydrogen) atoms. The summed E-state index contributed by atoms with van der Waals surface area (Å²) >= 11 is 6.22. The fourth-order valence-electron chi connectivity index (χ4n) is 4.38. The molecule has 156 valence electrons. The van der Waals surface area contributed by atoms with Crippen LogP contribution in [0.4, 0.5) is 0 Å². The molecule has 0 amide bonds. The van der Waals surface area contributed by atoms with Crippen molar-refractivity contribution in [3.63, 3.8) is 0 Å². The van der Waals surface area contributed by atoms with E-state index in [2.05, 4.69) is 4.90 Å². The van der Waals surface area contributed by atoms with Crippen LogP contribution in [0.15, 0.2) is 36.4 Å². The van der Waals surface area contributed by atoms with E-state index in [9.17, 15) is 10.2 Å². The van der Waals surface area contributed by atoms with Gasteiger partial charge in [-0.25, -0.2) is 0 Å². The van der Waals surface area contributed by atoms with Crippen LogP contribution < -0.4 is 9.47 Å². The molecule has 6 heteroatoms. The van der Waals surface area contributed by atoms with Crippen molar-refractivity contribution in [3.8, 4) is 11.5 Å². The van der Waals surface area contributed by atoms with Crippen molar-refractivity contribution < 1.29 is 19.7 Å². The van der Waals surface area contributed by atoms with Gasteiger partial charge in [0.15, 0.2) is 0 Å². The third-order valence-corrected chi connectivity index (χ3v) is 6.65. The molecule has 2 heterocycles. The molecule has 0 aromatic heterocycles. The van der Waals surface area contributed by atoms with E-state index in [1.54, 1.807) is 7.11 Å². The second kappa shape index (κ2) is 8.15. The van der Waals surface area contributed by atoms with Crippen LogP contribution in [-0.4, -0.2) is 47.5 Å². The third kappa shape index (κ3) is 4.24. The number of rotatable bonds is 4. The zero-order valence-corrected chi connectivity index (χ0v) is 17.7. The van der Waals surface area contributed by atoms with Gasteiger partial charge in [-0.2, -0.15) is 0 Å². The summed E-state index contributed by atoms with van der Waals surface area (Å²) in [4.78, 5) is 2.26. The number of hydrogen-bond acceptors (Lipinski definition) is 5. The molecule has 0 radical (unpaired) electrons. The number of ether oxygens (including phenoxy) is 2. The van der Waals surface area contributed by atoms with Gasteiger partial charge in [0.2, 0.25) is 0 Å². The molecule has 2 aromatic carbocycles. The highest BCUT2D eigenvalue weighted by atomic mass is 35.5. The summed E-state index contributed by atoms with van der Waals surface area (Å²) in [6, 6.07) is 11.3. The predicted molar refractivity (Wildman–Crippen MR) is 113 cm³/mol. The molecule has 1 spiro atoms. The summed E-state index contributed by atoms with van der Waals surface area (Å²) in [5.74, 6) is 1.53. The van der Waals surface area contributed by atoms with Crippen LogP contribution in [0.1, 0.15) is 48.2 Å². The van der Waals surface area contributed by atoms with Gasteiger partial charge in [-0.1, -0.05) is 23.7 Å². The number of halogens is 1. The molecule has 2 N–H and O–H groups in total. The summed E-state index contributed by atoms with van der Waals surface area (Å²) in [5, 5.41) is 22.0. The number of methoxy groups -OCH3 is 1. The number of benzene rings is 2. The molecule has 1 fully saturated rings. The molecule has 2 aliphatic rings. The Morgan fingerprint density at radius 3 is 2.59 bits per heavy atom. The number of aliphatic hydroxyl groups excluding tert-OH is 2. The van der Waals surface area contributed by atoms with Crippen molar-refractivity contribution in [1.82, 2.24) is 4.90 Å². The Morgan fingerprint density at radius 1 is 1.24 bits per heavy atom. The maximum absolute atomic E-state index is 10.7. The van der Waals surface area contributed by atoms with Gasteiger partial charge in [0.25, 0.3) is 0 Å². The van der Waals surface area contributed by atoms with E-state index < -0.39 is 12.2 Å². The van der Waals surface area contributed by atoms with Gasteiger partial charge >= 0.3 is 0 Å². The molecular weight excluding hydrogens is 390 g/mol. The van der Waals surface area contributed by atoms with E-state index >= 15 is 0 Å². The highest BCUT2D eigenvalue weighted by molar-refractivity contribution is 6.31. The van der Waals surface area contributed by atoms with Gasteiger partial charge in [-0.05, 0) is 55.2 Å². The average Bonchev–Trinajstić information content (AvgIpc) is 2.71. The molecule has 2 atom stereocenters. The van der Waals surface area contributed by atoms with E-state index in [4.69, 9.17) is 21.1 Å². The molecular formula is C23H28ClNO4. The predicted octanol–water partition coefficient (Wildman–Crippen LogP) is 4.04. The molecule has 2 aromatic rings. The molecule has 0 unspecified atom stereocenters. The zero-order valence-electron chi connectivity index (χ0n) is 16.9. The standard InChI is InChI=1S/C23H28ClNO4/c1-15-11-22-18(12-19(15)24)20(26)13-23(29-22)7-9-25(10-8-23)14-21(27)16-3-5-17(28-2)6-4-16/h3-6,11-12,20-21,26-27H,7-10,13-14H2,1-2H3/t20-,21-/m1/s1. The average molecular weight is 418 g/mol. The summed E-state index contributed by atoms with van der Waals surface area (Å²) in [6.07, 6.45) is 1.11. The molecule has 2 aliphatic heterocycles. The number of hydrogen-bond donors (Lipinski definition) is 2. The quantitative estimate of drug-likeness (QED) is 0.786. The number of likely N-dealkylation sites (tertiary alicyclic amines) is 1. The Morgan fingerprint density at radius 2 is 1.93 bits per heavy atom. The van der Waals surface area contributed by atoms with Crippen LogP contribution in [0, 0.1) is 6.92 Å². The van der Waals surface area contributed by atoms with Crippen LogP contribution in [0.5, 0.6) is 11.5 Å². The number of aliphatic hydroxyl groups is 2. The second-order valence-electron chi connectivity index (χ2n) is 8.23. The lowest BCUT2D eigenvalue weighted by atomic mass is 9.81. The fraction of sp³-hybridized carbons (Fsp3) is 0.478. The van der Waals surface area contributed by atoms with Gasteiger partial charge in [0.05, 0.1) is 19.3 Å². The van der Waals surface area contributed by atoms with E-state index in [0.29, 0.717) is 18.0 Å². The van der Waals surface area contributed by atoms with Gasteiger partial charge < -0.3 is 24.6 Å². The Hall–Kier alpha value is -1.79. The van der Waals surface area contributed by atoms with E-state index in [0.717, 1.165) is 54.1 Å². The largest absolute Gasteiger partial charge is 0.497 e. The maximum Gasteiger partial charge on any atom is 0.126 e. The summed E-state index contributed by atoms with van der Waals surface area (Å²) < 4.78 is 11.6. The summed E-state index contributed by atoms with van der Waals surface area (Å²) in [6.45, 7) is 4.17. The fourth-order valence-corrected chi connectivity index (χ4v) is 4.55. The van der Waals surface area contributed by atoms with Crippen molar-refractivity contribution in [1.29, 1.82) is 0 Å². The monoisotopic (exact) mass is 417 g/mol. The zero-order chi connectivity index (χ0) is 20.6. The Labute approximate surface area is 176 Å². The highest BCUT2D eigenvalue weighted by Crippen LogP contribution is 2.45. The van der Waals surface area contributed by atoms with Gasteiger partial charge in [0, 0.05) is 36.6 Å². The Bertz CT molecular complexity index is 862.